The van der Waals surface area contributed by atoms with Gasteiger partial charge in [-0.15, -0.1) is 11.3 Å². The summed E-state index contributed by atoms with van der Waals surface area (Å²) < 4.78 is 0. The smallest absolute Gasteiger partial charge is 0.230 e. The minimum absolute atomic E-state index is 0.141. The molecule has 2 aromatic rings. The number of carbonyl (C=O) groups excluding carboxylic acids is 1. The van der Waals surface area contributed by atoms with Crippen molar-refractivity contribution in [2.45, 2.75) is 6.42 Å². The van der Waals surface area contributed by atoms with Gasteiger partial charge in [0, 0.05) is 16.1 Å². The molecule has 1 amide bonds. The largest absolute Gasteiger partial charge is 0.375 e. The molecular weight excluding hydrogens is 258 g/mol. The van der Waals surface area contributed by atoms with Crippen molar-refractivity contribution in [1.29, 1.82) is 0 Å². The highest BCUT2D eigenvalue weighted by molar-refractivity contribution is 7.13. The zero-order chi connectivity index (χ0) is 12.3. The monoisotopic (exact) mass is 267 g/mol. The third-order valence-electron chi connectivity index (χ3n) is 2.02. The first kappa shape index (κ1) is 11.9. The molecule has 0 radical (unpaired) electrons. The summed E-state index contributed by atoms with van der Waals surface area (Å²) in [5.41, 5.74) is 6.83. The second kappa shape index (κ2) is 5.16. The van der Waals surface area contributed by atoms with Crippen LogP contribution in [-0.4, -0.2) is 10.9 Å². The highest BCUT2D eigenvalue weighted by Gasteiger charge is 2.07. The van der Waals surface area contributed by atoms with Gasteiger partial charge in [0.25, 0.3) is 0 Å². The van der Waals surface area contributed by atoms with Crippen molar-refractivity contribution in [2.24, 2.45) is 0 Å². The fourth-order valence-electron chi connectivity index (χ4n) is 1.34. The lowest BCUT2D eigenvalue weighted by molar-refractivity contribution is -0.115. The van der Waals surface area contributed by atoms with Gasteiger partial charge in [0.05, 0.1) is 12.1 Å². The summed E-state index contributed by atoms with van der Waals surface area (Å²) in [6.07, 6.45) is 0.209. The number of anilines is 2. The van der Waals surface area contributed by atoms with Gasteiger partial charge in [-0.25, -0.2) is 4.98 Å². The molecule has 0 aliphatic carbocycles. The maximum absolute atomic E-state index is 11.7. The fraction of sp³-hybridized carbons (Fsp3) is 0.0909. The Morgan fingerprint density at radius 3 is 3.00 bits per heavy atom. The summed E-state index contributed by atoms with van der Waals surface area (Å²) in [7, 11) is 0. The summed E-state index contributed by atoms with van der Waals surface area (Å²) in [4.78, 5) is 15.7. The number of carbonyl (C=O) groups is 1. The van der Waals surface area contributed by atoms with Gasteiger partial charge >= 0.3 is 0 Å². The first-order valence-corrected chi connectivity index (χ1v) is 6.14. The maximum Gasteiger partial charge on any atom is 0.230 e. The zero-order valence-electron chi connectivity index (χ0n) is 8.81. The average Bonchev–Trinajstić information content (AvgIpc) is 2.63. The van der Waals surface area contributed by atoms with Crippen molar-refractivity contribution in [1.82, 2.24) is 4.98 Å². The van der Waals surface area contributed by atoms with Gasteiger partial charge in [0.1, 0.15) is 0 Å². The molecule has 1 heterocycles. The molecule has 17 heavy (non-hydrogen) atoms. The number of nitrogens with two attached hydrogens (primary N) is 1. The van der Waals surface area contributed by atoms with Crippen molar-refractivity contribution in [3.8, 4) is 0 Å². The van der Waals surface area contributed by atoms with E-state index < -0.39 is 0 Å². The summed E-state index contributed by atoms with van der Waals surface area (Å²) >= 11 is 7.13. The molecule has 0 unspecified atom stereocenters. The predicted octanol–water partition coefficient (Wildman–Crippen LogP) is 2.56. The van der Waals surface area contributed by atoms with E-state index in [2.05, 4.69) is 10.3 Å². The summed E-state index contributed by atoms with van der Waals surface area (Å²) in [6.45, 7) is 0. The number of nitrogens with zero attached hydrogens (tertiary/aromatic N) is 1. The molecule has 88 valence electrons. The zero-order valence-corrected chi connectivity index (χ0v) is 10.4. The number of nitrogen functional groups attached to an aromatic ring is 1. The van der Waals surface area contributed by atoms with Crippen LogP contribution in [0.25, 0.3) is 0 Å². The number of rotatable bonds is 3. The molecule has 0 saturated carbocycles. The van der Waals surface area contributed by atoms with Crippen LogP contribution in [0.1, 0.15) is 5.69 Å². The molecule has 1 aromatic carbocycles. The van der Waals surface area contributed by atoms with Crippen LogP contribution in [-0.2, 0) is 11.2 Å². The van der Waals surface area contributed by atoms with Crippen molar-refractivity contribution in [2.75, 3.05) is 11.1 Å². The normalized spacial score (nSPS) is 10.2. The number of halogens is 1. The standard InChI is InChI=1S/C11H10ClN3OS/c12-7-2-1-3-8(4-7)14-10(16)5-9-6-17-11(13)15-9/h1-4,6H,5H2,(H2,13,15)(H,14,16). The van der Waals surface area contributed by atoms with E-state index in [9.17, 15) is 4.79 Å². The molecule has 0 atom stereocenters. The first-order chi connectivity index (χ1) is 8.13. The average molecular weight is 268 g/mol. The predicted molar refractivity (Wildman–Crippen MR) is 70.3 cm³/mol. The number of hydrogen-bond donors (Lipinski definition) is 2. The lowest BCUT2D eigenvalue weighted by Gasteiger charge is -2.03. The Labute approximate surface area is 107 Å². The van der Waals surface area contributed by atoms with Crippen molar-refractivity contribution in [3.63, 3.8) is 0 Å². The Hall–Kier alpha value is -1.59. The number of aromatic nitrogens is 1. The minimum atomic E-state index is -0.141. The lowest BCUT2D eigenvalue weighted by atomic mass is 10.3. The van der Waals surface area contributed by atoms with Gasteiger partial charge in [0.2, 0.25) is 5.91 Å². The third kappa shape index (κ3) is 3.44. The molecular formula is C11H10ClN3OS. The molecule has 1 aromatic heterocycles. The van der Waals surface area contributed by atoms with Crippen LogP contribution in [0, 0.1) is 0 Å². The van der Waals surface area contributed by atoms with Gasteiger partial charge in [-0.3, -0.25) is 4.79 Å². The molecule has 0 fully saturated rings. The number of benzene rings is 1. The maximum atomic E-state index is 11.7. The van der Waals surface area contributed by atoms with E-state index in [-0.39, 0.29) is 12.3 Å². The minimum Gasteiger partial charge on any atom is -0.375 e. The number of nitrogens with one attached hydrogen (secondary N) is 1. The number of hydrogen-bond acceptors (Lipinski definition) is 4. The molecule has 0 aliphatic heterocycles. The van der Waals surface area contributed by atoms with E-state index in [0.717, 1.165) is 0 Å². The number of amides is 1. The van der Waals surface area contributed by atoms with Crippen molar-refractivity contribution >= 4 is 39.7 Å². The SMILES string of the molecule is Nc1nc(CC(=O)Nc2cccc(Cl)c2)cs1. The van der Waals surface area contributed by atoms with E-state index in [1.54, 1.807) is 29.6 Å². The van der Waals surface area contributed by atoms with Crippen LogP contribution >= 0.6 is 22.9 Å². The molecule has 4 nitrogen and oxygen atoms in total. The third-order valence-corrected chi connectivity index (χ3v) is 2.98. The fourth-order valence-corrected chi connectivity index (χ4v) is 2.09. The van der Waals surface area contributed by atoms with Gasteiger partial charge in [-0.1, -0.05) is 17.7 Å². The molecule has 0 bridgehead atoms. The molecule has 0 aliphatic rings. The Morgan fingerprint density at radius 1 is 1.53 bits per heavy atom. The second-order valence-electron chi connectivity index (χ2n) is 3.41. The quantitative estimate of drug-likeness (QED) is 0.898. The first-order valence-electron chi connectivity index (χ1n) is 4.89. The Bertz CT molecular complexity index is 541. The highest BCUT2D eigenvalue weighted by atomic mass is 35.5. The molecule has 0 saturated heterocycles. The number of thiazole rings is 1. The van der Waals surface area contributed by atoms with E-state index in [4.69, 9.17) is 17.3 Å². The molecule has 6 heteroatoms. The van der Waals surface area contributed by atoms with Crippen molar-refractivity contribution < 1.29 is 4.79 Å². The Morgan fingerprint density at radius 2 is 2.35 bits per heavy atom. The summed E-state index contributed by atoms with van der Waals surface area (Å²) in [6, 6.07) is 6.99. The van der Waals surface area contributed by atoms with Crippen LogP contribution < -0.4 is 11.1 Å². The van der Waals surface area contributed by atoms with E-state index in [1.165, 1.54) is 11.3 Å². The molecule has 2 rings (SSSR count). The summed E-state index contributed by atoms with van der Waals surface area (Å²) in [5, 5.41) is 5.56. The van der Waals surface area contributed by atoms with E-state index in [1.807, 2.05) is 0 Å². The van der Waals surface area contributed by atoms with Crippen LogP contribution in [0.15, 0.2) is 29.6 Å². The van der Waals surface area contributed by atoms with Gasteiger partial charge in [0.15, 0.2) is 5.13 Å². The lowest BCUT2D eigenvalue weighted by Crippen LogP contribution is -2.14. The highest BCUT2D eigenvalue weighted by Crippen LogP contribution is 2.16. The Balaban J connectivity index is 1.98. The van der Waals surface area contributed by atoms with Crippen LogP contribution in [0.5, 0.6) is 0 Å². The molecule has 0 spiro atoms. The van der Waals surface area contributed by atoms with Crippen LogP contribution in [0.4, 0.5) is 10.8 Å². The second-order valence-corrected chi connectivity index (χ2v) is 4.74. The topological polar surface area (TPSA) is 68.0 Å². The van der Waals surface area contributed by atoms with Crippen LogP contribution in [0.3, 0.4) is 0 Å². The van der Waals surface area contributed by atoms with Gasteiger partial charge in [-0.05, 0) is 18.2 Å². The van der Waals surface area contributed by atoms with E-state index in [0.29, 0.717) is 21.5 Å². The molecule has 3 N–H and O–H groups in total. The van der Waals surface area contributed by atoms with E-state index >= 15 is 0 Å². The van der Waals surface area contributed by atoms with Gasteiger partial charge in [-0.2, -0.15) is 0 Å². The van der Waals surface area contributed by atoms with Gasteiger partial charge < -0.3 is 11.1 Å². The van der Waals surface area contributed by atoms with Crippen LogP contribution in [0.2, 0.25) is 5.02 Å². The van der Waals surface area contributed by atoms with Crippen molar-refractivity contribution in [3.05, 3.63) is 40.4 Å². The Kier molecular flexibility index (Phi) is 3.61. The summed E-state index contributed by atoms with van der Waals surface area (Å²) in [5.74, 6) is -0.141.